The van der Waals surface area contributed by atoms with E-state index >= 15 is 0 Å². The van der Waals surface area contributed by atoms with Gasteiger partial charge in [0.15, 0.2) is 12.4 Å². The molecule has 0 saturated heterocycles. The van der Waals surface area contributed by atoms with Gasteiger partial charge in [0.1, 0.15) is 0 Å². The molecule has 0 fully saturated rings. The third kappa shape index (κ3) is 5.94. The highest BCUT2D eigenvalue weighted by molar-refractivity contribution is 8.00. The quantitative estimate of drug-likeness (QED) is 0.405. The molecule has 6 heteroatoms. The molecule has 29 heavy (non-hydrogen) atoms. The van der Waals surface area contributed by atoms with Crippen molar-refractivity contribution in [3.63, 3.8) is 0 Å². The number of nitrogens with one attached hydrogen (secondary N) is 1. The first-order valence-electron chi connectivity index (χ1n) is 9.73. The summed E-state index contributed by atoms with van der Waals surface area (Å²) in [5, 5.41) is 2.79. The van der Waals surface area contributed by atoms with Gasteiger partial charge in [0.2, 0.25) is 5.91 Å². The van der Waals surface area contributed by atoms with Crippen LogP contribution in [0.5, 0.6) is 0 Å². The monoisotopic (exact) mass is 411 g/mol. The fourth-order valence-corrected chi connectivity index (χ4v) is 4.15. The van der Waals surface area contributed by atoms with Crippen LogP contribution in [0.25, 0.3) is 0 Å². The molecule has 0 saturated carbocycles. The number of Topliss-reactive ketones (excluding diaryl/α,β-unsaturated/α-hetero) is 1. The smallest absolute Gasteiger partial charge is 0.316 e. The molecule has 1 aliphatic carbocycles. The lowest BCUT2D eigenvalue weighted by Crippen LogP contribution is -2.23. The molecule has 0 heterocycles. The van der Waals surface area contributed by atoms with Crippen LogP contribution in [-0.2, 0) is 27.2 Å². The van der Waals surface area contributed by atoms with Crippen LogP contribution in [0.2, 0.25) is 0 Å². The Kier molecular flexibility index (Phi) is 7.09. The van der Waals surface area contributed by atoms with Crippen LogP contribution in [-0.4, -0.2) is 30.0 Å². The van der Waals surface area contributed by atoms with E-state index in [1.807, 2.05) is 13.0 Å². The molecule has 5 nitrogen and oxygen atoms in total. The van der Waals surface area contributed by atoms with Gasteiger partial charge >= 0.3 is 5.97 Å². The number of benzene rings is 2. The van der Waals surface area contributed by atoms with E-state index in [1.54, 1.807) is 24.3 Å². The van der Waals surface area contributed by atoms with Gasteiger partial charge < -0.3 is 10.1 Å². The predicted octanol–water partition coefficient (Wildman–Crippen LogP) is 3.89. The number of hydrogen-bond acceptors (Lipinski definition) is 5. The second-order valence-electron chi connectivity index (χ2n) is 7.20. The number of fused-ring (bicyclic) bond motifs is 1. The molecule has 3 rings (SSSR count). The van der Waals surface area contributed by atoms with Crippen LogP contribution in [0, 0.1) is 0 Å². The lowest BCUT2D eigenvalue weighted by atomic mass is 10.0. The second kappa shape index (κ2) is 9.74. The molecule has 1 aliphatic rings. The van der Waals surface area contributed by atoms with Crippen LogP contribution >= 0.6 is 11.8 Å². The van der Waals surface area contributed by atoms with Crippen LogP contribution < -0.4 is 5.32 Å². The number of carbonyl (C=O) groups is 3. The molecule has 0 radical (unpaired) electrons. The van der Waals surface area contributed by atoms with Crippen molar-refractivity contribution in [2.45, 2.75) is 44.0 Å². The topological polar surface area (TPSA) is 72.5 Å². The Bertz CT molecular complexity index is 908. The molecule has 1 N–H and O–H groups in total. The number of hydrogen-bond donors (Lipinski definition) is 1. The van der Waals surface area contributed by atoms with Crippen LogP contribution in [0.4, 0.5) is 0 Å². The van der Waals surface area contributed by atoms with E-state index in [0.717, 1.165) is 23.3 Å². The molecule has 2 aromatic carbocycles. The number of amides is 1. The zero-order chi connectivity index (χ0) is 20.8. The Morgan fingerprint density at radius 2 is 1.79 bits per heavy atom. The molecule has 2 aromatic rings. The molecule has 0 aromatic heterocycles. The number of aryl methyl sites for hydroxylation is 2. The van der Waals surface area contributed by atoms with Gasteiger partial charge in [-0.05, 0) is 55.0 Å². The van der Waals surface area contributed by atoms with E-state index in [0.29, 0.717) is 5.56 Å². The number of ether oxygens (including phenoxy) is 1. The Labute approximate surface area is 175 Å². The summed E-state index contributed by atoms with van der Waals surface area (Å²) in [5.74, 6) is -0.583. The summed E-state index contributed by atoms with van der Waals surface area (Å²) < 4.78 is 5.14. The number of carbonyl (C=O) groups excluding carboxylic acids is 3. The minimum absolute atomic E-state index is 0.109. The first kappa shape index (κ1) is 21.1. The van der Waals surface area contributed by atoms with Gasteiger partial charge in [0.25, 0.3) is 0 Å². The molecule has 0 bridgehead atoms. The molecule has 1 amide bonds. The van der Waals surface area contributed by atoms with Gasteiger partial charge in [-0.25, -0.2) is 0 Å². The number of ketones is 1. The lowest BCUT2D eigenvalue weighted by Gasteiger charge is -2.13. The predicted molar refractivity (Wildman–Crippen MR) is 113 cm³/mol. The van der Waals surface area contributed by atoms with Gasteiger partial charge in [-0.15, -0.1) is 11.8 Å². The normalized spacial score (nSPS) is 13.4. The first-order chi connectivity index (χ1) is 13.9. The maximum Gasteiger partial charge on any atom is 0.316 e. The van der Waals surface area contributed by atoms with Crippen molar-refractivity contribution in [3.05, 3.63) is 64.7 Å². The minimum atomic E-state index is -0.403. The van der Waals surface area contributed by atoms with Gasteiger partial charge in [0.05, 0.1) is 11.8 Å². The standard InChI is InChI=1S/C23H25NO4S/c1-15(24-16(2)25)17-6-8-19(9-7-17)22(26)13-28-23(27)14-29-21-11-10-18-4-3-5-20(18)12-21/h6-12,15H,3-5,13-14H2,1-2H3,(H,24,25)/t15-/m1/s1. The summed E-state index contributed by atoms with van der Waals surface area (Å²) >= 11 is 1.43. The third-order valence-corrected chi connectivity index (χ3v) is 5.91. The Balaban J connectivity index is 1.45. The summed E-state index contributed by atoms with van der Waals surface area (Å²) in [4.78, 5) is 36.4. The zero-order valence-corrected chi connectivity index (χ0v) is 17.5. The highest BCUT2D eigenvalue weighted by Crippen LogP contribution is 2.27. The molecule has 0 unspecified atom stereocenters. The van der Waals surface area contributed by atoms with Gasteiger partial charge in [0, 0.05) is 17.4 Å². The molecular weight excluding hydrogens is 386 g/mol. The van der Waals surface area contributed by atoms with Crippen molar-refractivity contribution in [2.75, 3.05) is 12.4 Å². The maximum atomic E-state index is 12.3. The summed E-state index contributed by atoms with van der Waals surface area (Å²) in [6.45, 7) is 3.06. The second-order valence-corrected chi connectivity index (χ2v) is 8.25. The van der Waals surface area contributed by atoms with Crippen LogP contribution in [0.3, 0.4) is 0 Å². The van der Waals surface area contributed by atoms with E-state index in [2.05, 4.69) is 17.4 Å². The fraction of sp³-hybridized carbons (Fsp3) is 0.348. The SMILES string of the molecule is CC(=O)N[C@H](C)c1ccc(C(=O)COC(=O)CSc2ccc3c(c2)CCC3)cc1. The summed E-state index contributed by atoms with van der Waals surface area (Å²) in [6, 6.07) is 13.1. The van der Waals surface area contributed by atoms with Gasteiger partial charge in [-0.1, -0.05) is 30.3 Å². The molecule has 0 spiro atoms. The van der Waals surface area contributed by atoms with Gasteiger partial charge in [-0.3, -0.25) is 14.4 Å². The number of rotatable bonds is 8. The molecule has 1 atom stereocenters. The highest BCUT2D eigenvalue weighted by Gasteiger charge is 2.14. The Hall–Kier alpha value is -2.60. The first-order valence-corrected chi connectivity index (χ1v) is 10.7. The minimum Gasteiger partial charge on any atom is -0.457 e. The lowest BCUT2D eigenvalue weighted by molar-refractivity contribution is -0.139. The van der Waals surface area contributed by atoms with E-state index < -0.39 is 5.97 Å². The largest absolute Gasteiger partial charge is 0.457 e. The number of thioether (sulfide) groups is 1. The van der Waals surface area contributed by atoms with Crippen molar-refractivity contribution in [2.24, 2.45) is 0 Å². The average Bonchev–Trinajstić information content (AvgIpc) is 3.18. The van der Waals surface area contributed by atoms with E-state index in [9.17, 15) is 14.4 Å². The Morgan fingerprint density at radius 1 is 1.07 bits per heavy atom. The third-order valence-electron chi connectivity index (χ3n) is 4.94. The average molecular weight is 412 g/mol. The maximum absolute atomic E-state index is 12.3. The summed E-state index contributed by atoms with van der Waals surface area (Å²) in [7, 11) is 0. The van der Waals surface area contributed by atoms with Crippen molar-refractivity contribution in [3.8, 4) is 0 Å². The van der Waals surface area contributed by atoms with E-state index in [1.165, 1.54) is 36.2 Å². The molecule has 152 valence electrons. The molecular formula is C23H25NO4S. The summed E-state index contributed by atoms with van der Waals surface area (Å²) in [6.07, 6.45) is 3.43. The van der Waals surface area contributed by atoms with E-state index in [-0.39, 0.29) is 30.1 Å². The van der Waals surface area contributed by atoms with Crippen LogP contribution in [0.1, 0.15) is 53.4 Å². The van der Waals surface area contributed by atoms with E-state index in [4.69, 9.17) is 4.74 Å². The van der Waals surface area contributed by atoms with Crippen molar-refractivity contribution < 1.29 is 19.1 Å². The van der Waals surface area contributed by atoms with Gasteiger partial charge in [-0.2, -0.15) is 0 Å². The fourth-order valence-electron chi connectivity index (χ4n) is 3.40. The van der Waals surface area contributed by atoms with Crippen molar-refractivity contribution in [1.82, 2.24) is 5.32 Å². The van der Waals surface area contributed by atoms with Crippen molar-refractivity contribution >= 4 is 29.4 Å². The summed E-state index contributed by atoms with van der Waals surface area (Å²) in [5.41, 5.74) is 4.15. The zero-order valence-electron chi connectivity index (χ0n) is 16.7. The Morgan fingerprint density at radius 3 is 2.52 bits per heavy atom. The molecule has 0 aliphatic heterocycles. The van der Waals surface area contributed by atoms with Crippen molar-refractivity contribution in [1.29, 1.82) is 0 Å². The van der Waals surface area contributed by atoms with Crippen LogP contribution in [0.15, 0.2) is 47.4 Å². The highest BCUT2D eigenvalue weighted by atomic mass is 32.2. The number of esters is 1.